The topological polar surface area (TPSA) is 47.0 Å². The fourth-order valence-corrected chi connectivity index (χ4v) is 3.56. The van der Waals surface area contributed by atoms with Crippen molar-refractivity contribution in [1.29, 1.82) is 0 Å². The van der Waals surface area contributed by atoms with E-state index in [9.17, 15) is 0 Å². The van der Waals surface area contributed by atoms with E-state index < -0.39 is 0 Å². The van der Waals surface area contributed by atoms with Crippen molar-refractivity contribution < 1.29 is 4.74 Å². The maximum Gasteiger partial charge on any atom is 0.175 e. The number of halogens is 1. The number of morpholine rings is 1. The zero-order valence-electron chi connectivity index (χ0n) is 8.59. The van der Waals surface area contributed by atoms with Gasteiger partial charge in [-0.3, -0.25) is 0 Å². The van der Waals surface area contributed by atoms with Gasteiger partial charge in [0.2, 0.25) is 0 Å². The van der Waals surface area contributed by atoms with Gasteiger partial charge in [-0.2, -0.15) is 0 Å². The predicted molar refractivity (Wildman–Crippen MR) is 72.4 cm³/mol. The fourth-order valence-electron chi connectivity index (χ4n) is 1.35. The van der Waals surface area contributed by atoms with Crippen molar-refractivity contribution in [3.05, 3.63) is 0 Å². The molecular formula is C8H14ClN3OS3. The molecule has 1 N–H and O–H groups in total. The number of thiol groups is 1. The lowest BCUT2D eigenvalue weighted by atomic mass is 10.2. The average molecular weight is 300 g/mol. The zero-order valence-corrected chi connectivity index (χ0v) is 11.9. The second-order valence-electron chi connectivity index (χ2n) is 3.21. The Hall–Kier alpha value is 0.470. The molecule has 1 fully saturated rings. The van der Waals surface area contributed by atoms with Gasteiger partial charge >= 0.3 is 0 Å². The van der Waals surface area contributed by atoms with Crippen molar-refractivity contribution in [2.75, 3.05) is 25.5 Å². The first-order valence-corrected chi connectivity index (χ1v) is 7.06. The van der Waals surface area contributed by atoms with Gasteiger partial charge in [-0.1, -0.05) is 23.1 Å². The van der Waals surface area contributed by atoms with Crippen molar-refractivity contribution in [2.24, 2.45) is 0 Å². The molecule has 1 aromatic rings. The van der Waals surface area contributed by atoms with Crippen LogP contribution in [0.5, 0.6) is 0 Å². The van der Waals surface area contributed by atoms with E-state index in [2.05, 4.69) is 28.1 Å². The summed E-state index contributed by atoms with van der Waals surface area (Å²) in [5, 5.41) is 11.3. The number of nitrogens with one attached hydrogen (secondary N) is 1. The van der Waals surface area contributed by atoms with E-state index in [1.165, 1.54) is 11.3 Å². The molecule has 0 aliphatic carbocycles. The van der Waals surface area contributed by atoms with E-state index in [1.54, 1.807) is 11.8 Å². The van der Waals surface area contributed by atoms with Crippen LogP contribution in [0.15, 0.2) is 8.68 Å². The number of nitrogens with zero attached hydrogens (tertiary/aromatic N) is 2. The number of hydrogen-bond donors (Lipinski definition) is 2. The monoisotopic (exact) mass is 299 g/mol. The molecule has 1 atom stereocenters. The zero-order chi connectivity index (χ0) is 10.5. The van der Waals surface area contributed by atoms with Gasteiger partial charge in [0.05, 0.1) is 13.2 Å². The summed E-state index contributed by atoms with van der Waals surface area (Å²) in [6.07, 6.45) is 1.10. The Kier molecular flexibility index (Phi) is 7.02. The normalized spacial score (nSPS) is 20.4. The highest BCUT2D eigenvalue weighted by molar-refractivity contribution is 8.01. The molecule has 0 radical (unpaired) electrons. The SMILES string of the molecule is Cl.Sc1nnc(SCCC2COCCN2)s1. The first-order chi connectivity index (χ1) is 7.34. The van der Waals surface area contributed by atoms with Gasteiger partial charge in [0.15, 0.2) is 8.68 Å². The van der Waals surface area contributed by atoms with Crippen LogP contribution >= 0.6 is 48.1 Å². The average Bonchev–Trinajstić information content (AvgIpc) is 2.66. The van der Waals surface area contributed by atoms with Crippen LogP contribution in [-0.4, -0.2) is 41.8 Å². The van der Waals surface area contributed by atoms with Gasteiger partial charge < -0.3 is 10.1 Å². The Morgan fingerprint density at radius 1 is 1.56 bits per heavy atom. The van der Waals surface area contributed by atoms with Gasteiger partial charge in [0, 0.05) is 18.3 Å². The Labute approximate surface area is 115 Å². The maximum atomic E-state index is 5.38. The van der Waals surface area contributed by atoms with Gasteiger partial charge in [-0.25, -0.2) is 0 Å². The lowest BCUT2D eigenvalue weighted by molar-refractivity contribution is 0.0761. The summed E-state index contributed by atoms with van der Waals surface area (Å²) in [4.78, 5) is 0. The predicted octanol–water partition coefficient (Wildman–Crippen LogP) is 1.72. The molecule has 1 aliphatic heterocycles. The molecule has 0 saturated carbocycles. The molecule has 16 heavy (non-hydrogen) atoms. The largest absolute Gasteiger partial charge is 0.379 e. The molecule has 8 heteroatoms. The van der Waals surface area contributed by atoms with Gasteiger partial charge in [-0.15, -0.1) is 35.2 Å². The Balaban J connectivity index is 0.00000128. The lowest BCUT2D eigenvalue weighted by Gasteiger charge is -2.23. The van der Waals surface area contributed by atoms with Gasteiger partial charge in [0.25, 0.3) is 0 Å². The van der Waals surface area contributed by atoms with E-state index in [1.807, 2.05) is 0 Å². The number of ether oxygens (including phenoxy) is 1. The number of hydrogen-bond acceptors (Lipinski definition) is 7. The molecule has 1 aromatic heterocycles. The second-order valence-corrected chi connectivity index (χ2v) is 6.26. The highest BCUT2D eigenvalue weighted by atomic mass is 35.5. The third-order valence-corrected chi connectivity index (χ3v) is 4.34. The number of thioether (sulfide) groups is 1. The molecule has 1 saturated heterocycles. The van der Waals surface area contributed by atoms with Crippen LogP contribution in [0.4, 0.5) is 0 Å². The summed E-state index contributed by atoms with van der Waals surface area (Å²) >= 11 is 7.39. The Bertz CT molecular complexity index is 306. The molecule has 0 spiro atoms. The summed E-state index contributed by atoms with van der Waals surface area (Å²) < 4.78 is 7.11. The molecule has 0 bridgehead atoms. The first kappa shape index (κ1) is 14.5. The van der Waals surface area contributed by atoms with Crippen LogP contribution in [0, 0.1) is 0 Å². The van der Waals surface area contributed by atoms with Crippen molar-refractivity contribution in [3.8, 4) is 0 Å². The van der Waals surface area contributed by atoms with E-state index in [4.69, 9.17) is 4.74 Å². The molecule has 92 valence electrons. The van der Waals surface area contributed by atoms with E-state index >= 15 is 0 Å². The third-order valence-electron chi connectivity index (χ3n) is 2.09. The minimum absolute atomic E-state index is 0. The highest BCUT2D eigenvalue weighted by Gasteiger charge is 2.12. The van der Waals surface area contributed by atoms with Crippen LogP contribution in [0.25, 0.3) is 0 Å². The van der Waals surface area contributed by atoms with Crippen molar-refractivity contribution in [3.63, 3.8) is 0 Å². The highest BCUT2D eigenvalue weighted by Crippen LogP contribution is 2.24. The van der Waals surface area contributed by atoms with E-state index in [0.717, 1.165) is 40.6 Å². The standard InChI is InChI=1S/C8H13N3OS3.ClH/c13-7-10-11-8(15-7)14-4-1-6-5-12-3-2-9-6;/h6,9H,1-5H2,(H,10,13);1H. The van der Waals surface area contributed by atoms with Crippen LogP contribution < -0.4 is 5.32 Å². The van der Waals surface area contributed by atoms with Crippen molar-refractivity contribution in [2.45, 2.75) is 21.1 Å². The molecule has 2 heterocycles. The smallest absolute Gasteiger partial charge is 0.175 e. The minimum Gasteiger partial charge on any atom is -0.379 e. The molecule has 1 aliphatic rings. The molecule has 0 amide bonds. The maximum absolute atomic E-state index is 5.38. The molecular weight excluding hydrogens is 286 g/mol. The van der Waals surface area contributed by atoms with Gasteiger partial charge in [0.1, 0.15) is 0 Å². The third kappa shape index (κ3) is 4.77. The molecule has 0 aromatic carbocycles. The van der Waals surface area contributed by atoms with Crippen LogP contribution in [-0.2, 0) is 4.74 Å². The van der Waals surface area contributed by atoms with Crippen LogP contribution in [0.1, 0.15) is 6.42 Å². The number of rotatable bonds is 4. The van der Waals surface area contributed by atoms with Crippen molar-refractivity contribution >= 4 is 48.1 Å². The summed E-state index contributed by atoms with van der Waals surface area (Å²) in [6, 6.07) is 0.495. The van der Waals surface area contributed by atoms with Crippen LogP contribution in [0.3, 0.4) is 0 Å². The summed E-state index contributed by atoms with van der Waals surface area (Å²) in [5.74, 6) is 1.05. The second kappa shape index (κ2) is 7.73. The first-order valence-electron chi connectivity index (χ1n) is 4.81. The molecule has 2 rings (SSSR count). The minimum atomic E-state index is 0. The van der Waals surface area contributed by atoms with Crippen LogP contribution in [0.2, 0.25) is 0 Å². The summed E-state index contributed by atoms with van der Waals surface area (Å²) in [7, 11) is 0. The Morgan fingerprint density at radius 3 is 3.06 bits per heavy atom. The summed E-state index contributed by atoms with van der Waals surface area (Å²) in [6.45, 7) is 2.63. The van der Waals surface area contributed by atoms with Crippen molar-refractivity contribution in [1.82, 2.24) is 15.5 Å². The quantitative estimate of drug-likeness (QED) is 0.655. The molecule has 1 unspecified atom stereocenters. The fraction of sp³-hybridized carbons (Fsp3) is 0.750. The lowest BCUT2D eigenvalue weighted by Crippen LogP contribution is -2.41. The van der Waals surface area contributed by atoms with Gasteiger partial charge in [-0.05, 0) is 6.42 Å². The molecule has 4 nitrogen and oxygen atoms in total. The van der Waals surface area contributed by atoms with E-state index in [-0.39, 0.29) is 12.4 Å². The number of aromatic nitrogens is 2. The Morgan fingerprint density at radius 2 is 2.44 bits per heavy atom. The van der Waals surface area contributed by atoms with E-state index in [0.29, 0.717) is 6.04 Å². The summed E-state index contributed by atoms with van der Waals surface area (Å²) in [5.41, 5.74) is 0.